The van der Waals surface area contributed by atoms with E-state index in [1.54, 1.807) is 0 Å². The quantitative estimate of drug-likeness (QED) is 0.754. The molecular weight excluding hydrogens is 220 g/mol. The van der Waals surface area contributed by atoms with Crippen molar-refractivity contribution in [1.29, 1.82) is 0 Å². The number of nitrogens with zero attached hydrogens (tertiary/aromatic N) is 2. The standard InChI is InChI=1S/C16H28N2/c1-11(2)14-15(12(3)4)18-10-16(5,6)9-7-8-13(18)17-14/h11-12H,7-10H2,1-6H3. The lowest BCUT2D eigenvalue weighted by molar-refractivity contribution is 0.285. The predicted molar refractivity (Wildman–Crippen MR) is 77.1 cm³/mol. The number of rotatable bonds is 2. The Bertz CT molecular complexity index is 425. The molecule has 2 heterocycles. The van der Waals surface area contributed by atoms with Gasteiger partial charge in [0.15, 0.2) is 0 Å². The molecule has 0 spiro atoms. The van der Waals surface area contributed by atoms with E-state index in [0.29, 0.717) is 17.3 Å². The molecule has 0 aromatic carbocycles. The van der Waals surface area contributed by atoms with Crippen molar-refractivity contribution in [2.24, 2.45) is 5.41 Å². The Morgan fingerprint density at radius 1 is 1.11 bits per heavy atom. The van der Waals surface area contributed by atoms with Gasteiger partial charge in [-0.3, -0.25) is 0 Å². The highest BCUT2D eigenvalue weighted by Gasteiger charge is 2.28. The van der Waals surface area contributed by atoms with Gasteiger partial charge in [-0.1, -0.05) is 41.5 Å². The van der Waals surface area contributed by atoms with Crippen LogP contribution in [-0.4, -0.2) is 9.55 Å². The molecule has 0 fully saturated rings. The summed E-state index contributed by atoms with van der Waals surface area (Å²) in [4.78, 5) is 4.96. The van der Waals surface area contributed by atoms with Gasteiger partial charge in [-0.05, 0) is 30.1 Å². The minimum atomic E-state index is 0.407. The number of hydrogen-bond donors (Lipinski definition) is 0. The topological polar surface area (TPSA) is 17.8 Å². The zero-order valence-electron chi connectivity index (χ0n) is 12.9. The molecule has 0 aliphatic carbocycles. The van der Waals surface area contributed by atoms with E-state index in [1.165, 1.54) is 30.1 Å². The SMILES string of the molecule is CC(C)c1nc2n(c1C(C)C)CC(C)(C)CCC2. The van der Waals surface area contributed by atoms with Crippen LogP contribution < -0.4 is 0 Å². The van der Waals surface area contributed by atoms with Crippen LogP contribution in [0.4, 0.5) is 0 Å². The number of aryl methyl sites for hydroxylation is 1. The third kappa shape index (κ3) is 2.48. The first-order valence-corrected chi connectivity index (χ1v) is 7.41. The molecule has 0 amide bonds. The summed E-state index contributed by atoms with van der Waals surface area (Å²) < 4.78 is 2.53. The van der Waals surface area contributed by atoms with Gasteiger partial charge in [-0.2, -0.15) is 0 Å². The molecule has 0 saturated carbocycles. The lowest BCUT2D eigenvalue weighted by Crippen LogP contribution is -2.20. The summed E-state index contributed by atoms with van der Waals surface area (Å²) in [6, 6.07) is 0. The first-order chi connectivity index (χ1) is 8.32. The minimum absolute atomic E-state index is 0.407. The highest BCUT2D eigenvalue weighted by Crippen LogP contribution is 2.35. The van der Waals surface area contributed by atoms with E-state index < -0.39 is 0 Å². The van der Waals surface area contributed by atoms with Crippen LogP contribution in [-0.2, 0) is 13.0 Å². The van der Waals surface area contributed by atoms with Crippen LogP contribution in [0.1, 0.15) is 83.4 Å². The molecule has 1 aliphatic rings. The molecular formula is C16H28N2. The van der Waals surface area contributed by atoms with Crippen molar-refractivity contribution in [3.05, 3.63) is 17.2 Å². The van der Waals surface area contributed by atoms with Crippen molar-refractivity contribution >= 4 is 0 Å². The van der Waals surface area contributed by atoms with Gasteiger partial charge >= 0.3 is 0 Å². The van der Waals surface area contributed by atoms with Gasteiger partial charge in [0.05, 0.1) is 5.69 Å². The van der Waals surface area contributed by atoms with Crippen LogP contribution in [0.3, 0.4) is 0 Å². The largest absolute Gasteiger partial charge is 0.331 e. The summed E-state index contributed by atoms with van der Waals surface area (Å²) in [7, 11) is 0. The van der Waals surface area contributed by atoms with E-state index >= 15 is 0 Å². The second kappa shape index (κ2) is 4.71. The average Bonchev–Trinajstić information content (AvgIpc) is 2.49. The van der Waals surface area contributed by atoms with Gasteiger partial charge < -0.3 is 4.57 Å². The average molecular weight is 248 g/mol. The first-order valence-electron chi connectivity index (χ1n) is 7.41. The maximum atomic E-state index is 4.96. The Labute approximate surface area is 112 Å². The van der Waals surface area contributed by atoms with Gasteiger partial charge in [0.2, 0.25) is 0 Å². The maximum absolute atomic E-state index is 4.96. The molecule has 2 nitrogen and oxygen atoms in total. The van der Waals surface area contributed by atoms with E-state index in [9.17, 15) is 0 Å². The summed E-state index contributed by atoms with van der Waals surface area (Å²) >= 11 is 0. The van der Waals surface area contributed by atoms with Gasteiger partial charge in [-0.25, -0.2) is 4.98 Å². The molecule has 1 aromatic heterocycles. The van der Waals surface area contributed by atoms with Crippen LogP contribution in [0.15, 0.2) is 0 Å². The molecule has 102 valence electrons. The molecule has 18 heavy (non-hydrogen) atoms. The summed E-state index contributed by atoms with van der Waals surface area (Å²) in [5.74, 6) is 2.43. The molecule has 0 unspecified atom stereocenters. The van der Waals surface area contributed by atoms with Crippen LogP contribution >= 0.6 is 0 Å². The first kappa shape index (κ1) is 13.6. The highest BCUT2D eigenvalue weighted by molar-refractivity contribution is 5.24. The predicted octanol–water partition coefficient (Wildman–Crippen LogP) is 4.49. The normalized spacial score (nSPS) is 19.1. The Morgan fingerprint density at radius 3 is 2.33 bits per heavy atom. The summed E-state index contributed by atoms with van der Waals surface area (Å²) in [5, 5.41) is 0. The highest BCUT2D eigenvalue weighted by atomic mass is 15.1. The van der Waals surface area contributed by atoms with E-state index in [2.05, 4.69) is 46.1 Å². The molecule has 1 aromatic rings. The zero-order valence-corrected chi connectivity index (χ0v) is 12.9. The van der Waals surface area contributed by atoms with Crippen molar-refractivity contribution in [2.45, 2.75) is 79.2 Å². The summed E-state index contributed by atoms with van der Waals surface area (Å²) in [6.07, 6.45) is 3.74. The van der Waals surface area contributed by atoms with Crippen molar-refractivity contribution in [3.8, 4) is 0 Å². The number of fused-ring (bicyclic) bond motifs is 1. The monoisotopic (exact) mass is 248 g/mol. The van der Waals surface area contributed by atoms with Crippen molar-refractivity contribution in [2.75, 3.05) is 0 Å². The van der Waals surface area contributed by atoms with Crippen LogP contribution in [0, 0.1) is 5.41 Å². The molecule has 0 N–H and O–H groups in total. The fourth-order valence-electron chi connectivity index (χ4n) is 3.17. The smallest absolute Gasteiger partial charge is 0.109 e. The fourth-order valence-corrected chi connectivity index (χ4v) is 3.17. The van der Waals surface area contributed by atoms with Gasteiger partial charge in [0.25, 0.3) is 0 Å². The molecule has 2 heteroatoms. The number of hydrogen-bond acceptors (Lipinski definition) is 1. The Morgan fingerprint density at radius 2 is 1.78 bits per heavy atom. The number of aromatic nitrogens is 2. The number of imidazole rings is 1. The molecule has 0 saturated heterocycles. The summed E-state index contributed by atoms with van der Waals surface area (Å²) in [6.45, 7) is 15.0. The van der Waals surface area contributed by atoms with Crippen molar-refractivity contribution in [3.63, 3.8) is 0 Å². The minimum Gasteiger partial charge on any atom is -0.331 e. The molecule has 0 bridgehead atoms. The summed E-state index contributed by atoms with van der Waals surface area (Å²) in [5.41, 5.74) is 3.22. The van der Waals surface area contributed by atoms with E-state index in [1.807, 2.05) is 0 Å². The zero-order chi connectivity index (χ0) is 13.5. The van der Waals surface area contributed by atoms with Crippen LogP contribution in [0.5, 0.6) is 0 Å². The fraction of sp³-hybridized carbons (Fsp3) is 0.812. The van der Waals surface area contributed by atoms with Crippen LogP contribution in [0.25, 0.3) is 0 Å². The van der Waals surface area contributed by atoms with Gasteiger partial charge in [0.1, 0.15) is 5.82 Å². The lowest BCUT2D eigenvalue weighted by Gasteiger charge is -2.25. The maximum Gasteiger partial charge on any atom is 0.109 e. The molecule has 1 aliphatic heterocycles. The molecule has 0 atom stereocenters. The van der Waals surface area contributed by atoms with Crippen molar-refractivity contribution < 1.29 is 0 Å². The van der Waals surface area contributed by atoms with Gasteiger partial charge in [-0.15, -0.1) is 0 Å². The molecule has 0 radical (unpaired) electrons. The third-order valence-corrected chi connectivity index (χ3v) is 4.05. The Kier molecular flexibility index (Phi) is 3.57. The second-order valence-electron chi connectivity index (χ2n) is 7.21. The van der Waals surface area contributed by atoms with Gasteiger partial charge in [0, 0.05) is 18.7 Å². The third-order valence-electron chi connectivity index (χ3n) is 4.05. The molecule has 2 rings (SSSR count). The van der Waals surface area contributed by atoms with E-state index in [-0.39, 0.29) is 0 Å². The van der Waals surface area contributed by atoms with E-state index in [4.69, 9.17) is 4.98 Å². The van der Waals surface area contributed by atoms with Crippen molar-refractivity contribution in [1.82, 2.24) is 9.55 Å². The Balaban J connectivity index is 2.53. The lowest BCUT2D eigenvalue weighted by atomic mass is 9.88. The van der Waals surface area contributed by atoms with Crippen LogP contribution in [0.2, 0.25) is 0 Å². The Hall–Kier alpha value is -0.790. The van der Waals surface area contributed by atoms with E-state index in [0.717, 1.165) is 13.0 Å². The second-order valence-corrected chi connectivity index (χ2v) is 7.21.